The second kappa shape index (κ2) is 6.85. The van der Waals surface area contributed by atoms with Crippen molar-refractivity contribution in [1.29, 1.82) is 5.26 Å². The molecule has 0 fully saturated rings. The molecule has 0 aliphatic heterocycles. The summed E-state index contributed by atoms with van der Waals surface area (Å²) in [6, 6.07) is 3.75. The smallest absolute Gasteiger partial charge is 0.341 e. The number of esters is 1. The topological polar surface area (TPSA) is 93.7 Å². The minimum atomic E-state index is -0.408. The Morgan fingerprint density at radius 1 is 1.52 bits per heavy atom. The molecule has 2 heterocycles. The number of nitriles is 1. The first-order chi connectivity index (χ1) is 10.2. The van der Waals surface area contributed by atoms with Gasteiger partial charge in [0.25, 0.3) is 0 Å². The maximum absolute atomic E-state index is 11.8. The highest BCUT2D eigenvalue weighted by molar-refractivity contribution is 7.99. The first-order valence-electron chi connectivity index (χ1n) is 6.21. The van der Waals surface area contributed by atoms with Gasteiger partial charge >= 0.3 is 5.97 Å². The van der Waals surface area contributed by atoms with E-state index in [1.807, 2.05) is 6.07 Å². The number of hydrogen-bond acceptors (Lipinski definition) is 7. The highest BCUT2D eigenvalue weighted by Crippen LogP contribution is 2.17. The molecule has 0 N–H and O–H groups in total. The number of aromatic nitrogens is 4. The number of aryl methyl sites for hydroxylation is 1. The Hall–Kier alpha value is -2.40. The Kier molecular flexibility index (Phi) is 4.90. The average Bonchev–Trinajstić information content (AvgIpc) is 2.88. The van der Waals surface area contributed by atoms with E-state index in [4.69, 9.17) is 10.00 Å². The number of hydrogen-bond donors (Lipinski definition) is 0. The predicted octanol–water partition coefficient (Wildman–Crippen LogP) is 1.76. The summed E-state index contributed by atoms with van der Waals surface area (Å²) in [6.07, 6.45) is 2.98. The predicted molar refractivity (Wildman–Crippen MR) is 76.2 cm³/mol. The third-order valence-electron chi connectivity index (χ3n) is 2.54. The summed E-state index contributed by atoms with van der Waals surface area (Å²) >= 11 is 1.31. The van der Waals surface area contributed by atoms with Gasteiger partial charge in [0.2, 0.25) is 0 Å². The number of carbonyl (C=O) groups is 1. The van der Waals surface area contributed by atoms with E-state index in [2.05, 4.69) is 15.1 Å². The van der Waals surface area contributed by atoms with Crippen LogP contribution < -0.4 is 0 Å². The summed E-state index contributed by atoms with van der Waals surface area (Å²) in [6.45, 7) is 3.79. The number of rotatable bonds is 5. The molecule has 0 aliphatic carbocycles. The minimum absolute atomic E-state index is 0.308. The van der Waals surface area contributed by atoms with Crippen LogP contribution in [0.3, 0.4) is 0 Å². The molecule has 2 rings (SSSR count). The van der Waals surface area contributed by atoms with Gasteiger partial charge in [-0.05, 0) is 13.8 Å². The monoisotopic (exact) mass is 303 g/mol. The van der Waals surface area contributed by atoms with Gasteiger partial charge in [-0.15, -0.1) is 0 Å². The summed E-state index contributed by atoms with van der Waals surface area (Å²) in [5, 5.41) is 13.5. The average molecular weight is 303 g/mol. The highest BCUT2D eigenvalue weighted by atomic mass is 32.2. The van der Waals surface area contributed by atoms with Crippen LogP contribution in [0, 0.1) is 18.3 Å². The van der Waals surface area contributed by atoms with Gasteiger partial charge in [0, 0.05) is 12.3 Å². The molecular formula is C13H13N5O2S. The number of nitrogens with zero attached hydrogens (tertiary/aromatic N) is 5. The molecule has 0 saturated heterocycles. The molecule has 2 aromatic rings. The van der Waals surface area contributed by atoms with Crippen LogP contribution in [-0.4, -0.2) is 38.1 Å². The van der Waals surface area contributed by atoms with Gasteiger partial charge in [0.15, 0.2) is 5.82 Å². The first kappa shape index (κ1) is 15.0. The second-order valence-electron chi connectivity index (χ2n) is 3.95. The molecule has 0 spiro atoms. The van der Waals surface area contributed by atoms with Gasteiger partial charge in [-0.1, -0.05) is 11.8 Å². The van der Waals surface area contributed by atoms with Crippen LogP contribution in [0.4, 0.5) is 0 Å². The SMILES string of the molecule is CCOC(=O)c1cn(-c2cc(SCC#N)ncn2)nc1C. The fourth-order valence-electron chi connectivity index (χ4n) is 1.63. The van der Waals surface area contributed by atoms with Crippen LogP contribution in [0.5, 0.6) is 0 Å². The third kappa shape index (κ3) is 3.58. The minimum Gasteiger partial charge on any atom is -0.462 e. The van der Waals surface area contributed by atoms with E-state index in [9.17, 15) is 4.79 Å². The van der Waals surface area contributed by atoms with E-state index in [0.717, 1.165) is 0 Å². The molecule has 108 valence electrons. The van der Waals surface area contributed by atoms with Crippen LogP contribution in [-0.2, 0) is 4.74 Å². The van der Waals surface area contributed by atoms with Crippen molar-refractivity contribution in [2.75, 3.05) is 12.4 Å². The quantitative estimate of drug-likeness (QED) is 0.472. The zero-order valence-corrected chi connectivity index (χ0v) is 12.4. The van der Waals surface area contributed by atoms with Crippen LogP contribution in [0.15, 0.2) is 23.6 Å². The molecule has 2 aromatic heterocycles. The Morgan fingerprint density at radius 3 is 3.05 bits per heavy atom. The summed E-state index contributed by atoms with van der Waals surface area (Å²) in [4.78, 5) is 20.0. The van der Waals surface area contributed by atoms with Crippen molar-refractivity contribution in [3.63, 3.8) is 0 Å². The molecular weight excluding hydrogens is 290 g/mol. The molecule has 0 aliphatic rings. The fraction of sp³-hybridized carbons (Fsp3) is 0.308. The van der Waals surface area contributed by atoms with Crippen molar-refractivity contribution >= 4 is 17.7 Å². The summed E-state index contributed by atoms with van der Waals surface area (Å²) in [5.74, 6) is 0.432. The van der Waals surface area contributed by atoms with Gasteiger partial charge in [-0.25, -0.2) is 19.4 Å². The summed E-state index contributed by atoms with van der Waals surface area (Å²) in [5.41, 5.74) is 0.972. The normalized spacial score (nSPS) is 10.1. The van der Waals surface area contributed by atoms with Gasteiger partial charge in [0.05, 0.1) is 24.1 Å². The molecule has 0 amide bonds. The number of thioether (sulfide) groups is 1. The Morgan fingerprint density at radius 2 is 2.33 bits per heavy atom. The molecule has 8 heteroatoms. The zero-order chi connectivity index (χ0) is 15.2. The number of ether oxygens (including phenoxy) is 1. The van der Waals surface area contributed by atoms with Crippen LogP contribution in [0.1, 0.15) is 23.0 Å². The molecule has 0 atom stereocenters. The van der Waals surface area contributed by atoms with E-state index < -0.39 is 5.97 Å². The lowest BCUT2D eigenvalue weighted by Gasteiger charge is -2.01. The Labute approximate surface area is 126 Å². The molecule has 0 radical (unpaired) electrons. The van der Waals surface area contributed by atoms with Crippen molar-refractivity contribution in [3.05, 3.63) is 29.8 Å². The fourth-order valence-corrected chi connectivity index (χ4v) is 2.15. The lowest BCUT2D eigenvalue weighted by Crippen LogP contribution is -2.04. The zero-order valence-electron chi connectivity index (χ0n) is 11.6. The maximum Gasteiger partial charge on any atom is 0.341 e. The molecule has 21 heavy (non-hydrogen) atoms. The first-order valence-corrected chi connectivity index (χ1v) is 7.19. The summed E-state index contributed by atoms with van der Waals surface area (Å²) < 4.78 is 6.47. The van der Waals surface area contributed by atoms with Crippen molar-refractivity contribution in [2.24, 2.45) is 0 Å². The molecule has 0 saturated carbocycles. The standard InChI is InChI=1S/C13H13N5O2S/c1-3-20-13(19)10-7-18(17-9(10)2)11-6-12(16-8-15-11)21-5-4-14/h6-8H,3,5H2,1-2H3. The van der Waals surface area contributed by atoms with E-state index in [1.165, 1.54) is 22.8 Å². The molecule has 0 unspecified atom stereocenters. The Bertz CT molecular complexity index is 692. The highest BCUT2D eigenvalue weighted by Gasteiger charge is 2.15. The van der Waals surface area contributed by atoms with Crippen molar-refractivity contribution in [1.82, 2.24) is 19.7 Å². The maximum atomic E-state index is 11.8. The van der Waals surface area contributed by atoms with E-state index in [0.29, 0.717) is 34.5 Å². The van der Waals surface area contributed by atoms with E-state index >= 15 is 0 Å². The van der Waals surface area contributed by atoms with Crippen LogP contribution in [0.25, 0.3) is 5.82 Å². The van der Waals surface area contributed by atoms with Crippen molar-refractivity contribution < 1.29 is 9.53 Å². The Balaban J connectivity index is 2.28. The van der Waals surface area contributed by atoms with E-state index in [-0.39, 0.29) is 0 Å². The summed E-state index contributed by atoms with van der Waals surface area (Å²) in [7, 11) is 0. The van der Waals surface area contributed by atoms with Crippen molar-refractivity contribution in [2.45, 2.75) is 18.9 Å². The van der Waals surface area contributed by atoms with Gasteiger partial charge in [0.1, 0.15) is 16.9 Å². The second-order valence-corrected chi connectivity index (χ2v) is 4.95. The van der Waals surface area contributed by atoms with Crippen LogP contribution in [0.2, 0.25) is 0 Å². The molecule has 0 bridgehead atoms. The van der Waals surface area contributed by atoms with Gasteiger partial charge in [-0.2, -0.15) is 10.4 Å². The van der Waals surface area contributed by atoms with Crippen molar-refractivity contribution in [3.8, 4) is 11.9 Å². The van der Waals surface area contributed by atoms with E-state index in [1.54, 1.807) is 26.1 Å². The third-order valence-corrected chi connectivity index (χ3v) is 3.33. The van der Waals surface area contributed by atoms with Crippen LogP contribution >= 0.6 is 11.8 Å². The largest absolute Gasteiger partial charge is 0.462 e. The van der Waals surface area contributed by atoms with Gasteiger partial charge in [-0.3, -0.25) is 0 Å². The lowest BCUT2D eigenvalue weighted by molar-refractivity contribution is 0.0525. The molecule has 7 nitrogen and oxygen atoms in total. The van der Waals surface area contributed by atoms with Gasteiger partial charge < -0.3 is 4.74 Å². The lowest BCUT2D eigenvalue weighted by atomic mass is 10.3. The number of carbonyl (C=O) groups excluding carboxylic acids is 1. The molecule has 0 aromatic carbocycles.